The molecule has 0 heterocycles. The summed E-state index contributed by atoms with van der Waals surface area (Å²) in [5.74, 6) is -0.00383. The van der Waals surface area contributed by atoms with Crippen LogP contribution in [0.2, 0.25) is 0 Å². The predicted molar refractivity (Wildman–Crippen MR) is 80.3 cm³/mol. The lowest BCUT2D eigenvalue weighted by molar-refractivity contribution is -0.121. The van der Waals surface area contributed by atoms with Gasteiger partial charge >= 0.3 is 0 Å². The van der Waals surface area contributed by atoms with Crippen LogP contribution in [0, 0.1) is 0 Å². The Bertz CT molecular complexity index is 541. The van der Waals surface area contributed by atoms with Crippen LogP contribution in [0.25, 0.3) is 0 Å². The van der Waals surface area contributed by atoms with Gasteiger partial charge in [0.05, 0.1) is 4.90 Å². The Balaban J connectivity index is 2.28. The molecular formula is C14H22N2O4S. The number of nitrogens with one attached hydrogen (secondary N) is 1. The fourth-order valence-corrected chi connectivity index (χ4v) is 2.28. The van der Waals surface area contributed by atoms with E-state index in [-0.39, 0.29) is 10.8 Å². The maximum absolute atomic E-state index is 11.5. The topological polar surface area (TPSA) is 98.5 Å². The molecule has 0 fully saturated rings. The molecule has 21 heavy (non-hydrogen) atoms. The summed E-state index contributed by atoms with van der Waals surface area (Å²) < 4.78 is 27.4. The van der Waals surface area contributed by atoms with Crippen molar-refractivity contribution in [1.82, 2.24) is 5.32 Å². The first-order valence-electron chi connectivity index (χ1n) is 6.89. The molecule has 0 atom stereocenters. The molecule has 6 nitrogen and oxygen atoms in total. The Labute approximate surface area is 125 Å². The lowest BCUT2D eigenvalue weighted by Gasteiger charge is -2.06. The molecule has 1 rings (SSSR count). The average molecular weight is 314 g/mol. The first-order valence-corrected chi connectivity index (χ1v) is 8.44. The van der Waals surface area contributed by atoms with Crippen molar-refractivity contribution in [2.75, 3.05) is 19.8 Å². The molecule has 0 aromatic heterocycles. The van der Waals surface area contributed by atoms with Crippen molar-refractivity contribution in [3.05, 3.63) is 29.8 Å². The minimum Gasteiger partial charge on any atom is -0.382 e. The molecule has 0 aliphatic rings. The number of sulfonamides is 1. The van der Waals surface area contributed by atoms with E-state index in [0.29, 0.717) is 39.0 Å². The van der Waals surface area contributed by atoms with Crippen LogP contribution in [0.3, 0.4) is 0 Å². The van der Waals surface area contributed by atoms with Crippen LogP contribution in [0.15, 0.2) is 29.2 Å². The van der Waals surface area contributed by atoms with Gasteiger partial charge in [-0.15, -0.1) is 0 Å². The number of nitrogens with two attached hydrogens (primary N) is 1. The zero-order chi connectivity index (χ0) is 15.7. The number of benzene rings is 1. The largest absolute Gasteiger partial charge is 0.382 e. The van der Waals surface area contributed by atoms with Gasteiger partial charge in [0.1, 0.15) is 0 Å². The molecule has 0 aliphatic carbocycles. The van der Waals surface area contributed by atoms with Gasteiger partial charge in [0.25, 0.3) is 0 Å². The molecule has 0 radical (unpaired) electrons. The minimum absolute atomic E-state index is 0.00383. The highest BCUT2D eigenvalue weighted by atomic mass is 32.2. The van der Waals surface area contributed by atoms with Crippen molar-refractivity contribution in [2.24, 2.45) is 5.14 Å². The number of hydrogen-bond acceptors (Lipinski definition) is 4. The second kappa shape index (κ2) is 8.76. The second-order valence-electron chi connectivity index (χ2n) is 4.59. The molecule has 118 valence electrons. The molecule has 0 saturated heterocycles. The highest BCUT2D eigenvalue weighted by Crippen LogP contribution is 2.08. The molecule has 0 aliphatic heterocycles. The van der Waals surface area contributed by atoms with Crippen LogP contribution in [0.5, 0.6) is 0 Å². The number of carbonyl (C=O) groups excluding carboxylic acids is 1. The molecular weight excluding hydrogens is 292 g/mol. The maximum Gasteiger partial charge on any atom is 0.238 e. The zero-order valence-electron chi connectivity index (χ0n) is 12.2. The Hall–Kier alpha value is -1.44. The molecule has 0 unspecified atom stereocenters. The summed E-state index contributed by atoms with van der Waals surface area (Å²) in [5, 5.41) is 7.84. The van der Waals surface area contributed by atoms with E-state index < -0.39 is 10.0 Å². The summed E-state index contributed by atoms with van der Waals surface area (Å²) in [6.45, 7) is 3.69. The number of primary sulfonamides is 1. The van der Waals surface area contributed by atoms with E-state index in [1.54, 1.807) is 12.1 Å². The summed E-state index contributed by atoms with van der Waals surface area (Å²) in [6, 6.07) is 6.32. The Morgan fingerprint density at radius 1 is 1.29 bits per heavy atom. The Morgan fingerprint density at radius 2 is 1.95 bits per heavy atom. The number of ether oxygens (including phenoxy) is 1. The monoisotopic (exact) mass is 314 g/mol. The predicted octanol–water partition coefficient (Wildman–Crippen LogP) is 0.809. The van der Waals surface area contributed by atoms with Gasteiger partial charge in [-0.2, -0.15) is 0 Å². The van der Waals surface area contributed by atoms with Crippen LogP contribution in [0.4, 0.5) is 0 Å². The van der Waals surface area contributed by atoms with Gasteiger partial charge in [0, 0.05) is 26.2 Å². The number of rotatable bonds is 9. The highest BCUT2D eigenvalue weighted by Gasteiger charge is 2.06. The van der Waals surface area contributed by atoms with Crippen molar-refractivity contribution in [3.63, 3.8) is 0 Å². The second-order valence-corrected chi connectivity index (χ2v) is 6.15. The number of carbonyl (C=O) groups is 1. The van der Waals surface area contributed by atoms with E-state index in [1.165, 1.54) is 12.1 Å². The van der Waals surface area contributed by atoms with Crippen LogP contribution in [-0.4, -0.2) is 34.1 Å². The minimum atomic E-state index is -3.65. The molecule has 1 aromatic carbocycles. The highest BCUT2D eigenvalue weighted by molar-refractivity contribution is 7.89. The van der Waals surface area contributed by atoms with Crippen LogP contribution >= 0.6 is 0 Å². The number of hydrogen-bond donors (Lipinski definition) is 2. The summed E-state index contributed by atoms with van der Waals surface area (Å²) >= 11 is 0. The summed E-state index contributed by atoms with van der Waals surface area (Å²) in [7, 11) is -3.65. The fourth-order valence-electron chi connectivity index (χ4n) is 1.76. The van der Waals surface area contributed by atoms with E-state index in [1.807, 2.05) is 6.92 Å². The van der Waals surface area contributed by atoms with E-state index in [0.717, 1.165) is 5.56 Å². The molecule has 0 bridgehead atoms. The molecule has 1 aromatic rings. The van der Waals surface area contributed by atoms with E-state index in [2.05, 4.69) is 5.32 Å². The van der Waals surface area contributed by atoms with Gasteiger partial charge in [-0.05, 0) is 37.5 Å². The van der Waals surface area contributed by atoms with E-state index in [9.17, 15) is 13.2 Å². The SMILES string of the molecule is CCOCCCC(=O)NCCc1ccc(S(N)(=O)=O)cc1. The van der Waals surface area contributed by atoms with Gasteiger partial charge in [-0.3, -0.25) is 4.79 Å². The van der Waals surface area contributed by atoms with Crippen LogP contribution < -0.4 is 10.5 Å². The van der Waals surface area contributed by atoms with E-state index >= 15 is 0 Å². The zero-order valence-corrected chi connectivity index (χ0v) is 13.0. The van der Waals surface area contributed by atoms with Crippen molar-refractivity contribution < 1.29 is 17.9 Å². The average Bonchev–Trinajstić information content (AvgIpc) is 2.43. The van der Waals surface area contributed by atoms with Gasteiger partial charge < -0.3 is 10.1 Å². The molecule has 7 heteroatoms. The Morgan fingerprint density at radius 3 is 2.52 bits per heavy atom. The van der Waals surface area contributed by atoms with Crippen molar-refractivity contribution in [1.29, 1.82) is 0 Å². The quantitative estimate of drug-likeness (QED) is 0.659. The first-order chi connectivity index (χ1) is 9.93. The maximum atomic E-state index is 11.5. The third kappa shape index (κ3) is 7.22. The number of amides is 1. The van der Waals surface area contributed by atoms with Gasteiger partial charge in [-0.1, -0.05) is 12.1 Å². The summed E-state index contributed by atoms with van der Waals surface area (Å²) in [5.41, 5.74) is 0.942. The standard InChI is InChI=1S/C14H22N2O4S/c1-2-20-11-3-4-14(17)16-10-9-12-5-7-13(8-6-12)21(15,18)19/h5-8H,2-4,9-11H2,1H3,(H,16,17)(H2,15,18,19). The molecule has 0 spiro atoms. The van der Waals surface area contributed by atoms with Gasteiger partial charge in [-0.25, -0.2) is 13.6 Å². The third-order valence-corrected chi connectivity index (χ3v) is 3.81. The smallest absolute Gasteiger partial charge is 0.238 e. The molecule has 0 saturated carbocycles. The fraction of sp³-hybridized carbons (Fsp3) is 0.500. The molecule has 3 N–H and O–H groups in total. The Kier molecular flexibility index (Phi) is 7.35. The summed E-state index contributed by atoms with van der Waals surface area (Å²) in [4.78, 5) is 11.6. The van der Waals surface area contributed by atoms with Crippen molar-refractivity contribution in [2.45, 2.75) is 31.1 Å². The van der Waals surface area contributed by atoms with Gasteiger partial charge in [0.15, 0.2) is 0 Å². The molecule has 1 amide bonds. The lowest BCUT2D eigenvalue weighted by atomic mass is 10.1. The van der Waals surface area contributed by atoms with Gasteiger partial charge in [0.2, 0.25) is 15.9 Å². The van der Waals surface area contributed by atoms with Crippen molar-refractivity contribution >= 4 is 15.9 Å². The van der Waals surface area contributed by atoms with Crippen LogP contribution in [-0.2, 0) is 26.0 Å². The van der Waals surface area contributed by atoms with Crippen LogP contribution in [0.1, 0.15) is 25.3 Å². The third-order valence-electron chi connectivity index (χ3n) is 2.88. The lowest BCUT2D eigenvalue weighted by Crippen LogP contribution is -2.25. The van der Waals surface area contributed by atoms with E-state index in [4.69, 9.17) is 9.88 Å². The first kappa shape index (κ1) is 17.6. The summed E-state index contributed by atoms with van der Waals surface area (Å²) in [6.07, 6.45) is 1.80. The normalized spacial score (nSPS) is 11.3. The van der Waals surface area contributed by atoms with Crippen molar-refractivity contribution in [3.8, 4) is 0 Å².